The molecule has 0 aliphatic rings. The van der Waals surface area contributed by atoms with Crippen molar-refractivity contribution in [3.63, 3.8) is 0 Å². The van der Waals surface area contributed by atoms with E-state index in [9.17, 15) is 30.0 Å². The van der Waals surface area contributed by atoms with Crippen molar-refractivity contribution in [2.24, 2.45) is 10.2 Å². The maximum Gasteiger partial charge on any atom is 0.240 e. The normalized spacial score (nSPS) is 12.6. The zero-order valence-electron chi connectivity index (χ0n) is 24.7. The Morgan fingerprint density at radius 3 is 1.46 bits per heavy atom. The minimum absolute atomic E-state index is 0.0704. The summed E-state index contributed by atoms with van der Waals surface area (Å²) < 4.78 is 94.1. The highest BCUT2D eigenvalue weighted by atomic mass is 32.2. The molecule has 1 aromatic heterocycles. The van der Waals surface area contributed by atoms with Crippen molar-refractivity contribution < 1.29 is 30.0 Å². The summed E-state index contributed by atoms with van der Waals surface area (Å²) in [5, 5.41) is 11.0. The molecule has 0 fully saturated rings. The van der Waals surface area contributed by atoms with E-state index in [0.29, 0.717) is 34.7 Å². The summed E-state index contributed by atoms with van der Waals surface area (Å²) in [5.74, 6) is -3.84. The molecule has 5 N–H and O–H groups in total. The summed E-state index contributed by atoms with van der Waals surface area (Å²) >= 11 is 0. The molecule has 13 nitrogen and oxygen atoms in total. The average molecular weight is 676 g/mol. The van der Waals surface area contributed by atoms with Crippen molar-refractivity contribution in [3.8, 4) is 0 Å². The van der Waals surface area contributed by atoms with Gasteiger partial charge in [-0.3, -0.25) is 10.9 Å². The first-order chi connectivity index (χ1) is 21.7. The third kappa shape index (κ3) is 8.21. The molecule has 242 valence electrons. The van der Waals surface area contributed by atoms with Crippen LogP contribution in [-0.2, 0) is 20.0 Å². The van der Waals surface area contributed by atoms with Gasteiger partial charge in [0, 0.05) is 18.2 Å². The quantitative estimate of drug-likeness (QED) is 0.0839. The van der Waals surface area contributed by atoms with Gasteiger partial charge in [-0.1, -0.05) is 24.3 Å². The summed E-state index contributed by atoms with van der Waals surface area (Å²) in [4.78, 5) is 8.56. The number of sulfonamides is 2. The Hall–Kier alpha value is -4.91. The summed E-state index contributed by atoms with van der Waals surface area (Å²) in [7, 11) is -4.64. The van der Waals surface area contributed by atoms with Gasteiger partial charge in [0.25, 0.3) is 0 Å². The number of hydrogen-bond acceptors (Lipinski definition) is 11. The van der Waals surface area contributed by atoms with Crippen molar-refractivity contribution >= 4 is 54.7 Å². The van der Waals surface area contributed by atoms with E-state index >= 15 is 0 Å². The summed E-state index contributed by atoms with van der Waals surface area (Å²) in [6.45, 7) is 3.32. The monoisotopic (exact) mass is 675 g/mol. The van der Waals surface area contributed by atoms with E-state index in [1.54, 1.807) is 38.1 Å². The third-order valence-corrected chi connectivity index (χ3v) is 9.22. The van der Waals surface area contributed by atoms with E-state index in [-0.39, 0.29) is 27.4 Å². The molecule has 0 radical (unpaired) electrons. The number of halogens is 3. The van der Waals surface area contributed by atoms with Crippen LogP contribution in [0, 0.1) is 17.5 Å². The highest BCUT2D eigenvalue weighted by Gasteiger charge is 2.14. The molecule has 18 heteroatoms. The molecular weight excluding hydrogens is 647 g/mol. The number of anilines is 4. The maximum atomic E-state index is 14.4. The van der Waals surface area contributed by atoms with E-state index in [2.05, 4.69) is 45.8 Å². The van der Waals surface area contributed by atoms with E-state index in [0.717, 1.165) is 0 Å². The molecule has 0 atom stereocenters. The standard InChI is InChI=1S/C28H28F3N9O4S2/c1-16(18-5-9-20(10-6-18)45(41,42)32-3)37-39-26-15-27(36-28(35-26)34-25-14-23(30)22(29)13-24(25)31)40-38-17(2)19-7-11-21(12-8-19)46(43,44)33-4/h5-15,32-33H,1-4H3,(H3,34,35,36,39,40). The van der Waals surface area contributed by atoms with Gasteiger partial charge in [-0.05, 0) is 63.3 Å². The molecule has 0 amide bonds. The van der Waals surface area contributed by atoms with Gasteiger partial charge in [0.1, 0.15) is 5.82 Å². The Labute approximate surface area is 263 Å². The first-order valence-corrected chi connectivity index (χ1v) is 16.2. The number of nitrogens with zero attached hydrogens (tertiary/aromatic N) is 4. The van der Waals surface area contributed by atoms with Crippen LogP contribution < -0.4 is 25.6 Å². The number of nitrogens with one attached hydrogen (secondary N) is 5. The second-order valence-corrected chi connectivity index (χ2v) is 13.2. The van der Waals surface area contributed by atoms with Crippen molar-refractivity contribution in [3.05, 3.63) is 95.3 Å². The van der Waals surface area contributed by atoms with E-state index in [1.807, 2.05) is 0 Å². The van der Waals surface area contributed by atoms with Crippen LogP contribution in [0.1, 0.15) is 25.0 Å². The van der Waals surface area contributed by atoms with Crippen LogP contribution in [0.3, 0.4) is 0 Å². The minimum Gasteiger partial charge on any atom is -0.321 e. The SMILES string of the molecule is CNS(=O)(=O)c1ccc(C(C)=NNc2cc(NN=C(C)c3ccc(S(=O)(=O)NC)cc3)nc(Nc3cc(F)c(F)cc3F)n2)cc1. The molecule has 1 heterocycles. The fourth-order valence-corrected chi connectivity index (χ4v) is 5.21. The van der Waals surface area contributed by atoms with E-state index < -0.39 is 43.2 Å². The molecule has 0 spiro atoms. The van der Waals surface area contributed by atoms with Gasteiger partial charge >= 0.3 is 0 Å². The Morgan fingerprint density at radius 2 is 1.04 bits per heavy atom. The number of hydrogen-bond donors (Lipinski definition) is 5. The Kier molecular flexibility index (Phi) is 10.4. The van der Waals surface area contributed by atoms with Crippen LogP contribution in [0.4, 0.5) is 36.4 Å². The maximum absolute atomic E-state index is 14.4. The van der Waals surface area contributed by atoms with Crippen LogP contribution in [0.5, 0.6) is 0 Å². The number of hydrazone groups is 2. The first kappa shape index (κ1) is 34.0. The Balaban J connectivity index is 1.63. The largest absolute Gasteiger partial charge is 0.321 e. The van der Waals surface area contributed by atoms with Crippen LogP contribution >= 0.6 is 0 Å². The lowest BCUT2D eigenvalue weighted by atomic mass is 10.1. The second-order valence-electron chi connectivity index (χ2n) is 9.42. The second kappa shape index (κ2) is 14.0. The minimum atomic E-state index is -3.62. The molecule has 0 saturated heterocycles. The van der Waals surface area contributed by atoms with E-state index in [4.69, 9.17) is 0 Å². The molecule has 0 aliphatic carbocycles. The average Bonchev–Trinajstić information content (AvgIpc) is 3.05. The van der Waals surface area contributed by atoms with Gasteiger partial charge in [0.05, 0.1) is 26.9 Å². The van der Waals surface area contributed by atoms with Crippen LogP contribution in [0.2, 0.25) is 0 Å². The molecule has 4 aromatic rings. The number of aromatic nitrogens is 2. The summed E-state index contributed by atoms with van der Waals surface area (Å²) in [6.07, 6.45) is 0. The fourth-order valence-electron chi connectivity index (χ4n) is 3.75. The zero-order chi connectivity index (χ0) is 33.6. The van der Waals surface area contributed by atoms with Crippen molar-refractivity contribution in [2.75, 3.05) is 30.3 Å². The van der Waals surface area contributed by atoms with Crippen LogP contribution in [0.25, 0.3) is 0 Å². The predicted molar refractivity (Wildman–Crippen MR) is 169 cm³/mol. The van der Waals surface area contributed by atoms with E-state index in [1.165, 1.54) is 44.4 Å². The molecule has 46 heavy (non-hydrogen) atoms. The molecule has 0 saturated carbocycles. The van der Waals surface area contributed by atoms with Crippen LogP contribution in [-0.4, -0.2) is 52.3 Å². The Morgan fingerprint density at radius 1 is 0.630 bits per heavy atom. The van der Waals surface area contributed by atoms with Crippen molar-refractivity contribution in [1.29, 1.82) is 0 Å². The molecular formula is C28H28F3N9O4S2. The van der Waals surface area contributed by atoms with Gasteiger partial charge < -0.3 is 5.32 Å². The van der Waals surface area contributed by atoms with Gasteiger partial charge in [-0.15, -0.1) is 0 Å². The van der Waals surface area contributed by atoms with Gasteiger partial charge in [0.15, 0.2) is 23.3 Å². The zero-order valence-corrected chi connectivity index (χ0v) is 26.4. The fraction of sp³-hybridized carbons (Fsp3) is 0.143. The molecule has 0 bridgehead atoms. The van der Waals surface area contributed by atoms with Crippen LogP contribution in [0.15, 0.2) is 86.7 Å². The lowest BCUT2D eigenvalue weighted by molar-refractivity contribution is 0.496. The lowest BCUT2D eigenvalue weighted by Crippen LogP contribution is -2.18. The smallest absolute Gasteiger partial charge is 0.240 e. The van der Waals surface area contributed by atoms with Gasteiger partial charge in [-0.2, -0.15) is 20.2 Å². The summed E-state index contributed by atoms with van der Waals surface area (Å²) in [5.41, 5.74) is 7.10. The van der Waals surface area contributed by atoms with Gasteiger partial charge in [0.2, 0.25) is 26.0 Å². The number of benzene rings is 3. The first-order valence-electron chi connectivity index (χ1n) is 13.2. The highest BCUT2D eigenvalue weighted by Crippen LogP contribution is 2.24. The number of rotatable bonds is 12. The predicted octanol–water partition coefficient (Wildman–Crippen LogP) is 4.13. The highest BCUT2D eigenvalue weighted by molar-refractivity contribution is 7.89. The topological polar surface area (TPSA) is 179 Å². The molecule has 4 rings (SSSR count). The molecule has 0 aliphatic heterocycles. The van der Waals surface area contributed by atoms with Crippen molar-refractivity contribution in [1.82, 2.24) is 19.4 Å². The summed E-state index contributed by atoms with van der Waals surface area (Å²) in [6, 6.07) is 14.3. The third-order valence-electron chi connectivity index (χ3n) is 6.36. The molecule has 3 aromatic carbocycles. The Bertz CT molecular complexity index is 1910. The van der Waals surface area contributed by atoms with Crippen molar-refractivity contribution in [2.45, 2.75) is 23.6 Å². The lowest BCUT2D eigenvalue weighted by Gasteiger charge is -2.11. The van der Waals surface area contributed by atoms with Gasteiger partial charge in [-0.25, -0.2) is 39.5 Å². The molecule has 0 unspecified atom stereocenters.